The van der Waals surface area contributed by atoms with E-state index in [1.54, 1.807) is 21.7 Å². The zero-order valence-corrected chi connectivity index (χ0v) is 15.3. The second kappa shape index (κ2) is 8.05. The van der Waals surface area contributed by atoms with E-state index in [0.717, 1.165) is 25.2 Å². The highest BCUT2D eigenvalue weighted by molar-refractivity contribution is 5.99. The lowest BCUT2D eigenvalue weighted by Gasteiger charge is -2.17. The number of nitrogens with zero attached hydrogens (tertiary/aromatic N) is 7. The summed E-state index contributed by atoms with van der Waals surface area (Å²) < 4.78 is 3.34. The summed E-state index contributed by atoms with van der Waals surface area (Å²) in [4.78, 5) is 23.2. The third kappa shape index (κ3) is 4.05. The highest BCUT2D eigenvalue weighted by Gasteiger charge is 2.17. The lowest BCUT2D eigenvalue weighted by atomic mass is 10.2. The van der Waals surface area contributed by atoms with E-state index in [1.807, 2.05) is 19.3 Å². The van der Waals surface area contributed by atoms with Gasteiger partial charge in [-0.15, -0.1) is 0 Å². The maximum Gasteiger partial charge on any atom is 0.257 e. The van der Waals surface area contributed by atoms with E-state index in [1.165, 1.54) is 6.33 Å². The Morgan fingerprint density at radius 3 is 2.77 bits per heavy atom. The summed E-state index contributed by atoms with van der Waals surface area (Å²) in [7, 11) is 0. The van der Waals surface area contributed by atoms with Crippen molar-refractivity contribution in [1.29, 1.82) is 0 Å². The van der Waals surface area contributed by atoms with Gasteiger partial charge in [-0.1, -0.05) is 13.8 Å². The Kier molecular flexibility index (Phi) is 5.57. The Morgan fingerprint density at radius 2 is 2.08 bits per heavy atom. The minimum atomic E-state index is -0.198. The Hall–Kier alpha value is -2.81. The van der Waals surface area contributed by atoms with Crippen molar-refractivity contribution in [3.8, 4) is 0 Å². The molecule has 0 aliphatic carbocycles. The van der Waals surface area contributed by atoms with Gasteiger partial charge >= 0.3 is 0 Å². The first kappa shape index (κ1) is 18.0. The summed E-state index contributed by atoms with van der Waals surface area (Å²) in [6.45, 7) is 9.49. The van der Waals surface area contributed by atoms with Gasteiger partial charge < -0.3 is 5.32 Å². The molecular weight excluding hydrogens is 332 g/mol. The van der Waals surface area contributed by atoms with Crippen LogP contribution >= 0.6 is 0 Å². The number of carbonyl (C=O) groups is 1. The number of hydrogen-bond acceptors (Lipinski definition) is 6. The SMILES string of the molecule is CCN(CC)Cc1cnc2c(C(=O)NC(C)Cn3cncn3)cnn2c1. The number of aromatic nitrogens is 6. The van der Waals surface area contributed by atoms with Crippen LogP contribution in [0.5, 0.6) is 0 Å². The van der Waals surface area contributed by atoms with Crippen LogP contribution in [0.15, 0.2) is 31.2 Å². The average Bonchev–Trinajstić information content (AvgIpc) is 3.28. The first-order valence-electron chi connectivity index (χ1n) is 8.78. The van der Waals surface area contributed by atoms with Gasteiger partial charge in [0.15, 0.2) is 5.65 Å². The smallest absolute Gasteiger partial charge is 0.257 e. The standard InChI is InChI=1S/C17H24N8O/c1-4-23(5-2)9-14-6-19-16-15(7-20-25(16)10-14)17(26)22-13(3)8-24-12-18-11-21-24/h6-7,10-13H,4-5,8-9H2,1-3H3,(H,22,26). The topological polar surface area (TPSA) is 93.2 Å². The van der Waals surface area contributed by atoms with Gasteiger partial charge in [-0.3, -0.25) is 14.4 Å². The Balaban J connectivity index is 1.70. The molecular formula is C17H24N8O. The number of nitrogens with one attached hydrogen (secondary N) is 1. The van der Waals surface area contributed by atoms with Crippen LogP contribution in [-0.4, -0.2) is 59.3 Å². The molecule has 1 atom stereocenters. The fourth-order valence-corrected chi connectivity index (χ4v) is 2.82. The van der Waals surface area contributed by atoms with E-state index in [-0.39, 0.29) is 11.9 Å². The van der Waals surface area contributed by atoms with Crippen LogP contribution in [0.25, 0.3) is 5.65 Å². The highest BCUT2D eigenvalue weighted by Crippen LogP contribution is 2.11. The predicted octanol–water partition coefficient (Wildman–Crippen LogP) is 0.981. The van der Waals surface area contributed by atoms with Crippen molar-refractivity contribution in [2.45, 2.75) is 39.9 Å². The molecule has 0 saturated carbocycles. The van der Waals surface area contributed by atoms with Gasteiger partial charge in [0.25, 0.3) is 5.91 Å². The van der Waals surface area contributed by atoms with Gasteiger partial charge in [0.1, 0.15) is 18.2 Å². The molecule has 3 aromatic heterocycles. The summed E-state index contributed by atoms with van der Waals surface area (Å²) in [5.74, 6) is -0.198. The van der Waals surface area contributed by atoms with E-state index in [9.17, 15) is 4.79 Å². The van der Waals surface area contributed by atoms with Gasteiger partial charge in [0.05, 0.1) is 12.7 Å². The summed E-state index contributed by atoms with van der Waals surface area (Å²) in [5, 5.41) is 11.3. The van der Waals surface area contributed by atoms with Gasteiger partial charge in [0.2, 0.25) is 0 Å². The second-order valence-corrected chi connectivity index (χ2v) is 6.24. The van der Waals surface area contributed by atoms with E-state index in [4.69, 9.17) is 0 Å². The summed E-state index contributed by atoms with van der Waals surface area (Å²) in [6, 6.07) is -0.0962. The maximum absolute atomic E-state index is 12.6. The number of carbonyl (C=O) groups excluding carboxylic acids is 1. The molecule has 1 amide bonds. The van der Waals surface area contributed by atoms with Crippen molar-refractivity contribution in [2.75, 3.05) is 13.1 Å². The molecule has 0 fully saturated rings. The van der Waals surface area contributed by atoms with Crippen LogP contribution in [-0.2, 0) is 13.1 Å². The lowest BCUT2D eigenvalue weighted by Crippen LogP contribution is -2.35. The fourth-order valence-electron chi connectivity index (χ4n) is 2.82. The van der Waals surface area contributed by atoms with Crippen molar-refractivity contribution in [1.82, 2.24) is 39.6 Å². The minimum absolute atomic E-state index is 0.0962. The van der Waals surface area contributed by atoms with E-state index in [2.05, 4.69) is 44.2 Å². The van der Waals surface area contributed by atoms with Crippen molar-refractivity contribution in [3.05, 3.63) is 42.4 Å². The predicted molar refractivity (Wildman–Crippen MR) is 96.6 cm³/mol. The van der Waals surface area contributed by atoms with Gasteiger partial charge in [-0.2, -0.15) is 10.2 Å². The largest absolute Gasteiger partial charge is 0.348 e. The first-order chi connectivity index (χ1) is 12.6. The van der Waals surface area contributed by atoms with Gasteiger partial charge in [0, 0.05) is 30.5 Å². The monoisotopic (exact) mass is 356 g/mol. The summed E-state index contributed by atoms with van der Waals surface area (Å²) in [5.41, 5.74) is 2.08. The van der Waals surface area contributed by atoms with E-state index < -0.39 is 0 Å². The zero-order valence-electron chi connectivity index (χ0n) is 15.3. The van der Waals surface area contributed by atoms with Crippen molar-refractivity contribution < 1.29 is 4.79 Å². The first-order valence-corrected chi connectivity index (χ1v) is 8.78. The molecule has 0 aliphatic heterocycles. The van der Waals surface area contributed by atoms with Crippen molar-refractivity contribution in [2.24, 2.45) is 0 Å². The Morgan fingerprint density at radius 1 is 1.27 bits per heavy atom. The quantitative estimate of drug-likeness (QED) is 0.647. The highest BCUT2D eigenvalue weighted by atomic mass is 16.1. The maximum atomic E-state index is 12.6. The third-order valence-electron chi connectivity index (χ3n) is 4.26. The molecule has 138 valence electrons. The molecule has 1 N–H and O–H groups in total. The van der Waals surface area contributed by atoms with Crippen LogP contribution in [0.2, 0.25) is 0 Å². The molecule has 3 rings (SSSR count). The number of hydrogen-bond donors (Lipinski definition) is 1. The molecule has 3 heterocycles. The van der Waals surface area contributed by atoms with Crippen LogP contribution in [0.3, 0.4) is 0 Å². The van der Waals surface area contributed by atoms with Crippen LogP contribution in [0.1, 0.15) is 36.7 Å². The summed E-state index contributed by atoms with van der Waals surface area (Å²) in [6.07, 6.45) is 8.39. The van der Waals surface area contributed by atoms with Crippen LogP contribution in [0, 0.1) is 0 Å². The second-order valence-electron chi connectivity index (χ2n) is 6.24. The molecule has 3 aromatic rings. The number of amides is 1. The molecule has 0 radical (unpaired) electrons. The van der Waals surface area contributed by atoms with E-state index >= 15 is 0 Å². The molecule has 9 heteroatoms. The third-order valence-corrected chi connectivity index (χ3v) is 4.26. The number of rotatable bonds is 8. The van der Waals surface area contributed by atoms with Crippen molar-refractivity contribution in [3.63, 3.8) is 0 Å². The molecule has 1 unspecified atom stereocenters. The Bertz CT molecular complexity index is 853. The molecule has 0 aromatic carbocycles. The molecule has 9 nitrogen and oxygen atoms in total. The normalized spacial score (nSPS) is 12.6. The van der Waals surface area contributed by atoms with Crippen molar-refractivity contribution >= 4 is 11.6 Å². The molecule has 0 spiro atoms. The van der Waals surface area contributed by atoms with Crippen LogP contribution < -0.4 is 5.32 Å². The van der Waals surface area contributed by atoms with Gasteiger partial charge in [-0.25, -0.2) is 14.5 Å². The molecule has 26 heavy (non-hydrogen) atoms. The van der Waals surface area contributed by atoms with Gasteiger partial charge in [-0.05, 0) is 20.0 Å². The number of fused-ring (bicyclic) bond motifs is 1. The minimum Gasteiger partial charge on any atom is -0.348 e. The molecule has 0 aliphatic rings. The zero-order chi connectivity index (χ0) is 18.5. The lowest BCUT2D eigenvalue weighted by molar-refractivity contribution is 0.0937. The average molecular weight is 356 g/mol. The Labute approximate surface area is 152 Å². The molecule has 0 saturated heterocycles. The molecule has 0 bridgehead atoms. The fraction of sp³-hybridized carbons (Fsp3) is 0.471. The summed E-state index contributed by atoms with van der Waals surface area (Å²) >= 11 is 0. The van der Waals surface area contributed by atoms with E-state index in [0.29, 0.717) is 17.8 Å². The van der Waals surface area contributed by atoms with Crippen LogP contribution in [0.4, 0.5) is 0 Å².